The lowest BCUT2D eigenvalue weighted by atomic mass is 9.69. The van der Waals surface area contributed by atoms with Crippen LogP contribution in [0, 0.1) is 17.3 Å². The van der Waals surface area contributed by atoms with Gasteiger partial charge in [0.2, 0.25) is 17.7 Å². The van der Waals surface area contributed by atoms with Crippen LogP contribution in [-0.4, -0.2) is 82.7 Å². The summed E-state index contributed by atoms with van der Waals surface area (Å²) in [5, 5.41) is 2.38. The van der Waals surface area contributed by atoms with E-state index < -0.39 is 6.04 Å². The molecule has 3 atom stereocenters. The van der Waals surface area contributed by atoms with Gasteiger partial charge in [-0.15, -0.1) is 0 Å². The Morgan fingerprint density at radius 1 is 0.886 bits per heavy atom. The average molecular weight is 605 g/mol. The molecule has 2 saturated carbocycles. The molecule has 9 heteroatoms. The molecule has 5 fully saturated rings. The van der Waals surface area contributed by atoms with Gasteiger partial charge in [0.15, 0.2) is 0 Å². The number of rotatable bonds is 6. The molecule has 1 unspecified atom stereocenters. The van der Waals surface area contributed by atoms with E-state index in [1.54, 1.807) is 4.90 Å². The first-order valence-electron chi connectivity index (χ1n) is 17.3. The van der Waals surface area contributed by atoms with Gasteiger partial charge in [0.1, 0.15) is 17.9 Å². The van der Waals surface area contributed by atoms with Crippen LogP contribution in [0.2, 0.25) is 0 Å². The minimum Gasteiger partial charge on any atom is -0.489 e. The number of nitrogens with zero attached hydrogens (tertiary/aromatic N) is 3. The number of hydrogen-bond acceptors (Lipinski definition) is 6. The summed E-state index contributed by atoms with van der Waals surface area (Å²) < 4.78 is 6.68. The van der Waals surface area contributed by atoms with Crippen LogP contribution >= 0.6 is 0 Å². The minimum atomic E-state index is -0.603. The van der Waals surface area contributed by atoms with Gasteiger partial charge in [-0.3, -0.25) is 29.4 Å². The van der Waals surface area contributed by atoms with Crippen LogP contribution in [0.3, 0.4) is 0 Å². The second-order valence-electron chi connectivity index (χ2n) is 14.6. The molecular weight excluding hydrogens is 556 g/mol. The van der Waals surface area contributed by atoms with E-state index in [0.29, 0.717) is 30.5 Å². The maximum Gasteiger partial charge on any atom is 0.255 e. The zero-order valence-electron chi connectivity index (χ0n) is 26.2. The molecule has 1 N–H and O–H groups in total. The zero-order chi connectivity index (χ0) is 30.4. The Balaban J connectivity index is 0.927. The number of imide groups is 1. The summed E-state index contributed by atoms with van der Waals surface area (Å²) in [5.41, 5.74) is 1.43. The van der Waals surface area contributed by atoms with Gasteiger partial charge in [-0.2, -0.15) is 0 Å². The normalized spacial score (nSPS) is 30.1. The number of piperidine rings is 3. The first-order chi connectivity index (χ1) is 21.3. The first kappa shape index (κ1) is 29.8. The summed E-state index contributed by atoms with van der Waals surface area (Å²) in [6, 6.07) is 5.54. The summed E-state index contributed by atoms with van der Waals surface area (Å²) in [6.07, 6.45) is 13.4. The van der Waals surface area contributed by atoms with Crippen LogP contribution < -0.4 is 10.1 Å². The minimum absolute atomic E-state index is 0.0792. The van der Waals surface area contributed by atoms with Crippen LogP contribution in [-0.2, 0) is 20.9 Å². The van der Waals surface area contributed by atoms with E-state index in [1.165, 1.54) is 32.1 Å². The van der Waals surface area contributed by atoms with Crippen molar-refractivity contribution in [2.45, 2.75) is 115 Å². The molecule has 0 radical (unpaired) electrons. The molecular formula is C35H48N4O5. The van der Waals surface area contributed by atoms with E-state index in [0.717, 1.165) is 87.9 Å². The number of carbonyl (C=O) groups is 4. The summed E-state index contributed by atoms with van der Waals surface area (Å²) in [5.74, 6) is 1.89. The van der Waals surface area contributed by atoms with Crippen LogP contribution in [0.5, 0.6) is 5.75 Å². The Morgan fingerprint density at radius 3 is 2.27 bits per heavy atom. The Bertz CT molecular complexity index is 1290. The monoisotopic (exact) mass is 604 g/mol. The molecule has 0 bridgehead atoms. The fourth-order valence-electron chi connectivity index (χ4n) is 9.03. The third-order valence-corrected chi connectivity index (χ3v) is 12.0. The van der Waals surface area contributed by atoms with Crippen LogP contribution in [0.1, 0.15) is 106 Å². The Morgan fingerprint density at radius 2 is 1.59 bits per heavy atom. The number of nitrogens with one attached hydrogen (secondary N) is 1. The highest BCUT2D eigenvalue weighted by Crippen LogP contribution is 2.43. The van der Waals surface area contributed by atoms with E-state index >= 15 is 0 Å². The van der Waals surface area contributed by atoms with Gasteiger partial charge in [-0.25, -0.2) is 0 Å². The van der Waals surface area contributed by atoms with Crippen molar-refractivity contribution in [2.75, 3.05) is 26.2 Å². The second-order valence-corrected chi connectivity index (χ2v) is 14.6. The van der Waals surface area contributed by atoms with Gasteiger partial charge in [0.25, 0.3) is 5.91 Å². The molecule has 44 heavy (non-hydrogen) atoms. The van der Waals surface area contributed by atoms with Gasteiger partial charge < -0.3 is 14.5 Å². The molecule has 0 aromatic heterocycles. The van der Waals surface area contributed by atoms with Crippen molar-refractivity contribution in [1.82, 2.24) is 20.0 Å². The Kier molecular flexibility index (Phi) is 8.18. The SMILES string of the molecule is CC1(C(=O)N2CCC(C3CCN([C@@H]4CCCC[C@@H]4Oc4ccc5c(c4)CN(C4CCC(=O)NC4=O)C5=O)CC3)CC2)CCC1. The maximum atomic E-state index is 13.1. The van der Waals surface area contributed by atoms with Gasteiger partial charge in [-0.1, -0.05) is 19.8 Å². The van der Waals surface area contributed by atoms with Crippen LogP contribution in [0.4, 0.5) is 0 Å². The first-order valence-corrected chi connectivity index (χ1v) is 17.3. The molecule has 4 amide bonds. The fourth-order valence-corrected chi connectivity index (χ4v) is 9.03. The molecule has 9 nitrogen and oxygen atoms in total. The highest BCUT2D eigenvalue weighted by Gasteiger charge is 2.44. The van der Waals surface area contributed by atoms with Crippen LogP contribution in [0.25, 0.3) is 0 Å². The zero-order valence-corrected chi connectivity index (χ0v) is 26.2. The second kappa shape index (κ2) is 12.1. The van der Waals surface area contributed by atoms with Crippen molar-refractivity contribution in [3.8, 4) is 5.75 Å². The summed E-state index contributed by atoms with van der Waals surface area (Å²) >= 11 is 0. The highest BCUT2D eigenvalue weighted by atomic mass is 16.5. The molecule has 6 aliphatic rings. The summed E-state index contributed by atoms with van der Waals surface area (Å²) in [6.45, 7) is 6.64. The Hall–Kier alpha value is -2.94. The van der Waals surface area contributed by atoms with Gasteiger partial charge in [0.05, 0.1) is 0 Å². The van der Waals surface area contributed by atoms with Gasteiger partial charge in [0, 0.05) is 43.1 Å². The van der Waals surface area contributed by atoms with Crippen LogP contribution in [0.15, 0.2) is 18.2 Å². The molecule has 0 spiro atoms. The van der Waals surface area contributed by atoms with Gasteiger partial charge in [-0.05, 0) is 113 Å². The lowest BCUT2D eigenvalue weighted by Crippen LogP contribution is -2.52. The quantitative estimate of drug-likeness (QED) is 0.487. The molecule has 1 aromatic carbocycles. The molecule has 7 rings (SSSR count). The van der Waals surface area contributed by atoms with E-state index in [9.17, 15) is 19.2 Å². The van der Waals surface area contributed by atoms with Crippen molar-refractivity contribution in [1.29, 1.82) is 0 Å². The number of likely N-dealkylation sites (tertiary alicyclic amines) is 2. The number of fused-ring (bicyclic) bond motifs is 1. The molecule has 1 aromatic rings. The molecule has 4 heterocycles. The van der Waals surface area contributed by atoms with E-state index in [-0.39, 0.29) is 35.7 Å². The predicted octanol–water partition coefficient (Wildman–Crippen LogP) is 4.28. The van der Waals surface area contributed by atoms with Crippen molar-refractivity contribution in [2.24, 2.45) is 17.3 Å². The number of benzene rings is 1. The summed E-state index contributed by atoms with van der Waals surface area (Å²) in [4.78, 5) is 56.6. The molecule has 3 saturated heterocycles. The van der Waals surface area contributed by atoms with E-state index in [4.69, 9.17) is 4.74 Å². The van der Waals surface area contributed by atoms with Crippen molar-refractivity contribution >= 4 is 23.6 Å². The third-order valence-electron chi connectivity index (χ3n) is 12.0. The highest BCUT2D eigenvalue weighted by molar-refractivity contribution is 6.05. The topological polar surface area (TPSA) is 99.3 Å². The van der Waals surface area contributed by atoms with Crippen molar-refractivity contribution in [3.63, 3.8) is 0 Å². The standard InChI is InChI=1S/C35H48N4O5/c1-35(15-4-16-35)34(43)38-19-13-24(14-20-38)23-11-17-37(18-12-23)28-5-2-3-6-30(28)44-26-7-8-27-25(21-26)22-39(33(27)42)29-9-10-31(40)36-32(29)41/h7-8,21,23-24,28-30H,2-6,9-20,22H2,1H3,(H,36,40,41)/t28-,29?,30+/m1/s1. The Labute approximate surface area is 261 Å². The number of amides is 4. The largest absolute Gasteiger partial charge is 0.489 e. The van der Waals surface area contributed by atoms with E-state index in [2.05, 4.69) is 22.0 Å². The molecule has 238 valence electrons. The lowest BCUT2D eigenvalue weighted by Gasteiger charge is -2.46. The maximum absolute atomic E-state index is 13.1. The number of hydrogen-bond donors (Lipinski definition) is 1. The van der Waals surface area contributed by atoms with Gasteiger partial charge >= 0.3 is 0 Å². The number of carbonyl (C=O) groups excluding carboxylic acids is 4. The molecule has 4 aliphatic heterocycles. The average Bonchev–Trinajstić information content (AvgIpc) is 3.35. The lowest BCUT2D eigenvalue weighted by molar-refractivity contribution is -0.148. The smallest absolute Gasteiger partial charge is 0.255 e. The summed E-state index contributed by atoms with van der Waals surface area (Å²) in [7, 11) is 0. The fraction of sp³-hybridized carbons (Fsp3) is 0.714. The van der Waals surface area contributed by atoms with Crippen molar-refractivity contribution < 1.29 is 23.9 Å². The van der Waals surface area contributed by atoms with Crippen molar-refractivity contribution in [3.05, 3.63) is 29.3 Å². The number of ether oxygens (including phenoxy) is 1. The van der Waals surface area contributed by atoms with E-state index in [1.807, 2.05) is 18.2 Å². The molecule has 2 aliphatic carbocycles. The predicted molar refractivity (Wildman–Crippen MR) is 165 cm³/mol. The third kappa shape index (κ3) is 5.65.